The summed E-state index contributed by atoms with van der Waals surface area (Å²) in [7, 11) is 0. The molecule has 0 spiro atoms. The van der Waals surface area contributed by atoms with Crippen LogP contribution in [0, 0.1) is 0 Å². The Labute approximate surface area is 176 Å². The molecule has 0 saturated heterocycles. The zero-order valence-electron chi connectivity index (χ0n) is 17.3. The Kier molecular flexibility index (Phi) is 7.73. The third-order valence-corrected chi connectivity index (χ3v) is 5.58. The topological polar surface area (TPSA) is 56.6 Å². The number of hydrogen-bond acceptors (Lipinski definition) is 4. The molecule has 1 aliphatic rings. The molecule has 2 rings (SSSR count). The van der Waals surface area contributed by atoms with E-state index in [1.54, 1.807) is 4.90 Å². The first-order valence-corrected chi connectivity index (χ1v) is 11.0. The molecule has 0 aromatic carbocycles. The molecule has 2 heterocycles. The molecule has 1 atom stereocenters. The van der Waals surface area contributed by atoms with Crippen molar-refractivity contribution in [1.29, 1.82) is 0 Å². The minimum absolute atomic E-state index is 0.207. The molecule has 0 fully saturated rings. The molecule has 0 aliphatic carbocycles. The average molecular weight is 489 g/mol. The van der Waals surface area contributed by atoms with Crippen LogP contribution in [0.2, 0.25) is 0 Å². The normalized spacial score (nSPS) is 16.8. The molecule has 152 valence electrons. The highest BCUT2D eigenvalue weighted by molar-refractivity contribution is 14.1. The molecule has 0 radical (unpaired) electrons. The first-order chi connectivity index (χ1) is 12.6. The van der Waals surface area contributed by atoms with Crippen molar-refractivity contribution in [2.75, 3.05) is 24.1 Å². The number of aromatic nitrogens is 2. The van der Waals surface area contributed by atoms with Crippen molar-refractivity contribution in [2.24, 2.45) is 0 Å². The van der Waals surface area contributed by atoms with E-state index in [1.807, 2.05) is 37.7 Å². The number of amides is 1. The average Bonchev–Trinajstić information content (AvgIpc) is 3.07. The lowest BCUT2D eigenvalue weighted by molar-refractivity contribution is 0.0263. The van der Waals surface area contributed by atoms with E-state index in [1.165, 1.54) is 5.57 Å². The van der Waals surface area contributed by atoms with Gasteiger partial charge in [-0.15, -0.1) is 0 Å². The number of carbonyl (C=O) groups excluding carboxylic acids is 1. The van der Waals surface area contributed by atoms with Crippen molar-refractivity contribution in [3.8, 4) is 0 Å². The van der Waals surface area contributed by atoms with Crippen LogP contribution >= 0.6 is 22.6 Å². The number of rotatable bonds is 6. The van der Waals surface area contributed by atoms with Gasteiger partial charge in [0.15, 0.2) is 0 Å². The summed E-state index contributed by atoms with van der Waals surface area (Å²) in [5.41, 5.74) is 2.92. The van der Waals surface area contributed by atoms with Crippen LogP contribution in [0.5, 0.6) is 0 Å². The summed E-state index contributed by atoms with van der Waals surface area (Å²) >= 11 is 2.34. The predicted octanol–water partition coefficient (Wildman–Crippen LogP) is 4.70. The van der Waals surface area contributed by atoms with Gasteiger partial charge >= 0.3 is 6.09 Å². The Bertz CT molecular complexity index is 676. The summed E-state index contributed by atoms with van der Waals surface area (Å²) in [6.07, 6.45) is 2.54. The Morgan fingerprint density at radius 1 is 1.33 bits per heavy atom. The number of carbonyl (C=O) groups is 1. The number of nitrogens with zero attached hydrogens (tertiary/aromatic N) is 3. The first-order valence-electron chi connectivity index (χ1n) is 9.52. The Hall–Kier alpha value is -1.09. The minimum Gasteiger partial charge on any atom is -0.444 e. The van der Waals surface area contributed by atoms with Crippen LogP contribution in [0.25, 0.3) is 5.57 Å². The van der Waals surface area contributed by atoms with Crippen molar-refractivity contribution in [2.45, 2.75) is 65.7 Å². The fraction of sp³-hybridized carbons (Fsp3) is 0.700. The van der Waals surface area contributed by atoms with Crippen molar-refractivity contribution >= 4 is 34.3 Å². The van der Waals surface area contributed by atoms with Gasteiger partial charge < -0.3 is 14.4 Å². The molecule has 1 aromatic heterocycles. The molecular weight excluding hydrogens is 457 g/mol. The van der Waals surface area contributed by atoms with E-state index in [0.717, 1.165) is 22.1 Å². The van der Waals surface area contributed by atoms with Crippen molar-refractivity contribution in [3.63, 3.8) is 0 Å². The van der Waals surface area contributed by atoms with E-state index in [4.69, 9.17) is 9.47 Å². The van der Waals surface area contributed by atoms with Crippen LogP contribution < -0.4 is 0 Å². The van der Waals surface area contributed by atoms with Gasteiger partial charge in [0.2, 0.25) is 0 Å². The zero-order valence-corrected chi connectivity index (χ0v) is 19.4. The maximum absolute atomic E-state index is 12.6. The van der Waals surface area contributed by atoms with E-state index in [0.29, 0.717) is 19.7 Å². The third-order valence-electron chi connectivity index (χ3n) is 4.34. The highest BCUT2D eigenvalue weighted by Crippen LogP contribution is 2.29. The van der Waals surface area contributed by atoms with E-state index >= 15 is 0 Å². The Morgan fingerprint density at radius 3 is 2.63 bits per heavy atom. The molecule has 27 heavy (non-hydrogen) atoms. The van der Waals surface area contributed by atoms with Crippen LogP contribution in [0.3, 0.4) is 0 Å². The molecule has 7 heteroatoms. The molecule has 1 unspecified atom stereocenters. The Balaban J connectivity index is 2.30. The van der Waals surface area contributed by atoms with Gasteiger partial charge in [-0.3, -0.25) is 4.68 Å². The molecule has 6 nitrogen and oxygen atoms in total. The molecule has 0 saturated carbocycles. The second kappa shape index (κ2) is 9.41. The summed E-state index contributed by atoms with van der Waals surface area (Å²) in [6.45, 7) is 13.7. The number of alkyl halides is 1. The predicted molar refractivity (Wildman–Crippen MR) is 116 cm³/mol. The van der Waals surface area contributed by atoms with Gasteiger partial charge in [0.25, 0.3) is 0 Å². The van der Waals surface area contributed by atoms with Crippen LogP contribution in [-0.4, -0.2) is 56.6 Å². The number of ether oxygens (including phenoxy) is 2. The van der Waals surface area contributed by atoms with Gasteiger partial charge in [0, 0.05) is 23.2 Å². The molecule has 1 aliphatic heterocycles. The highest BCUT2D eigenvalue weighted by Gasteiger charge is 2.29. The molecule has 1 aromatic rings. The van der Waals surface area contributed by atoms with Gasteiger partial charge in [0.05, 0.1) is 24.9 Å². The second-order valence-electron chi connectivity index (χ2n) is 8.26. The largest absolute Gasteiger partial charge is 0.444 e. The van der Waals surface area contributed by atoms with E-state index in [2.05, 4.69) is 48.5 Å². The van der Waals surface area contributed by atoms with Crippen molar-refractivity contribution < 1.29 is 14.3 Å². The fourth-order valence-electron chi connectivity index (χ4n) is 2.96. The van der Waals surface area contributed by atoms with Gasteiger partial charge in [0.1, 0.15) is 5.60 Å². The SMILES string of the molecule is CC(CI)OCC1=C(c2ccnn2C(C)C)CN(C(=O)OC(C)(C)C)CC1. The van der Waals surface area contributed by atoms with Crippen molar-refractivity contribution in [3.05, 3.63) is 23.5 Å². The molecule has 0 bridgehead atoms. The standard InChI is InChI=1S/C20H32IN3O3/c1-14(2)24-18(7-9-22-24)17-12-23(19(25)27-20(4,5)6)10-8-16(17)13-26-15(3)11-21/h7,9,14-15H,8,10-13H2,1-6H3. The summed E-state index contributed by atoms with van der Waals surface area (Å²) in [5, 5.41) is 4.47. The van der Waals surface area contributed by atoms with Crippen LogP contribution in [0.4, 0.5) is 4.79 Å². The van der Waals surface area contributed by atoms with Crippen LogP contribution in [0.15, 0.2) is 17.8 Å². The second-order valence-corrected chi connectivity index (χ2v) is 9.15. The summed E-state index contributed by atoms with van der Waals surface area (Å²) in [5.74, 6) is 0. The van der Waals surface area contributed by atoms with Gasteiger partial charge in [-0.2, -0.15) is 5.10 Å². The summed E-state index contributed by atoms with van der Waals surface area (Å²) in [6, 6.07) is 2.27. The smallest absolute Gasteiger partial charge is 0.410 e. The van der Waals surface area contributed by atoms with Gasteiger partial charge in [-0.25, -0.2) is 4.79 Å². The van der Waals surface area contributed by atoms with Crippen LogP contribution in [0.1, 0.15) is 59.7 Å². The fourth-order valence-corrected chi connectivity index (χ4v) is 3.21. The molecule has 0 N–H and O–H groups in total. The first kappa shape index (κ1) is 22.2. The molecular formula is C20H32IN3O3. The quantitative estimate of drug-likeness (QED) is 0.430. The summed E-state index contributed by atoms with van der Waals surface area (Å²) in [4.78, 5) is 14.4. The highest BCUT2D eigenvalue weighted by atomic mass is 127. The van der Waals surface area contributed by atoms with E-state index < -0.39 is 5.60 Å². The lowest BCUT2D eigenvalue weighted by atomic mass is 9.97. The Morgan fingerprint density at radius 2 is 2.04 bits per heavy atom. The van der Waals surface area contributed by atoms with E-state index in [-0.39, 0.29) is 18.2 Å². The van der Waals surface area contributed by atoms with E-state index in [9.17, 15) is 4.79 Å². The number of halogens is 1. The maximum Gasteiger partial charge on any atom is 0.410 e. The van der Waals surface area contributed by atoms with Crippen LogP contribution in [-0.2, 0) is 9.47 Å². The monoisotopic (exact) mass is 489 g/mol. The third kappa shape index (κ3) is 6.20. The molecule has 1 amide bonds. The minimum atomic E-state index is -0.500. The lowest BCUT2D eigenvalue weighted by Gasteiger charge is -2.33. The lowest BCUT2D eigenvalue weighted by Crippen LogP contribution is -2.41. The zero-order chi connectivity index (χ0) is 20.2. The van der Waals surface area contributed by atoms with Gasteiger partial charge in [-0.1, -0.05) is 22.6 Å². The maximum atomic E-state index is 12.6. The summed E-state index contributed by atoms with van der Waals surface area (Å²) < 4.78 is 14.5. The number of hydrogen-bond donors (Lipinski definition) is 0. The van der Waals surface area contributed by atoms with Gasteiger partial charge in [-0.05, 0) is 65.2 Å². The van der Waals surface area contributed by atoms with Crippen molar-refractivity contribution in [1.82, 2.24) is 14.7 Å².